The first-order chi connectivity index (χ1) is 14.8. The number of urea groups is 1. The summed E-state index contributed by atoms with van der Waals surface area (Å²) in [6.45, 7) is 11.0. The Balaban J connectivity index is 1.78. The van der Waals surface area contributed by atoms with Gasteiger partial charge in [0, 0.05) is 19.6 Å². The fraction of sp³-hybridized carbons (Fsp3) is 0.524. The van der Waals surface area contributed by atoms with Crippen molar-refractivity contribution in [2.24, 2.45) is 5.92 Å². The van der Waals surface area contributed by atoms with E-state index in [2.05, 4.69) is 25.7 Å². The van der Waals surface area contributed by atoms with Gasteiger partial charge in [0.05, 0.1) is 24.2 Å². The highest BCUT2D eigenvalue weighted by atomic mass is 32.2. The van der Waals surface area contributed by atoms with Crippen LogP contribution >= 0.6 is 11.8 Å². The molecule has 0 saturated carbocycles. The molecule has 3 rings (SSSR count). The normalized spacial score (nSPS) is 15.1. The molecule has 1 saturated heterocycles. The summed E-state index contributed by atoms with van der Waals surface area (Å²) in [6.07, 6.45) is 0. The van der Waals surface area contributed by atoms with Crippen molar-refractivity contribution >= 4 is 29.6 Å². The number of ether oxygens (including phenoxy) is 1. The smallest absolute Gasteiger partial charge is 0.321 e. The third-order valence-electron chi connectivity index (χ3n) is 4.76. The number of nitrogens with zero attached hydrogens (tertiary/aromatic N) is 4. The minimum absolute atomic E-state index is 0.305. The number of amides is 3. The van der Waals surface area contributed by atoms with Crippen LogP contribution in [0.15, 0.2) is 29.4 Å². The molecule has 1 atom stereocenters. The van der Waals surface area contributed by atoms with Crippen molar-refractivity contribution in [1.29, 1.82) is 0 Å². The van der Waals surface area contributed by atoms with E-state index in [0.29, 0.717) is 30.8 Å². The minimum Gasteiger partial charge on any atom is -0.378 e. The molecule has 3 amide bonds. The van der Waals surface area contributed by atoms with E-state index in [9.17, 15) is 9.59 Å². The van der Waals surface area contributed by atoms with Crippen LogP contribution in [0.2, 0.25) is 0 Å². The van der Waals surface area contributed by atoms with Gasteiger partial charge in [-0.1, -0.05) is 43.3 Å². The predicted octanol–water partition coefficient (Wildman–Crippen LogP) is 2.37. The molecule has 1 aliphatic rings. The number of carbonyl (C=O) groups excluding carboxylic acids is 2. The molecular formula is C21H30N6O3S. The number of morpholine rings is 1. The number of hydrogen-bond donors (Lipinski definition) is 2. The SMILES string of the molecule is Cc1ccc(-n2c(SC(C)C(=O)NC(=O)NCC(C)C)nnc2N2CCOCC2)cc1. The summed E-state index contributed by atoms with van der Waals surface area (Å²) < 4.78 is 7.42. The molecule has 1 aromatic carbocycles. The van der Waals surface area contributed by atoms with Gasteiger partial charge in [0.1, 0.15) is 0 Å². The zero-order valence-electron chi connectivity index (χ0n) is 18.4. The van der Waals surface area contributed by atoms with Gasteiger partial charge >= 0.3 is 6.03 Å². The van der Waals surface area contributed by atoms with Crippen LogP contribution in [0.4, 0.5) is 10.7 Å². The van der Waals surface area contributed by atoms with Gasteiger partial charge in [-0.15, -0.1) is 10.2 Å². The lowest BCUT2D eigenvalue weighted by Crippen LogP contribution is -2.43. The molecule has 2 N–H and O–H groups in total. The molecule has 2 heterocycles. The van der Waals surface area contributed by atoms with Crippen LogP contribution in [0.5, 0.6) is 0 Å². The van der Waals surface area contributed by atoms with E-state index in [1.165, 1.54) is 11.8 Å². The van der Waals surface area contributed by atoms with Crippen LogP contribution in [0.1, 0.15) is 26.3 Å². The van der Waals surface area contributed by atoms with Gasteiger partial charge in [-0.2, -0.15) is 0 Å². The topological polar surface area (TPSA) is 101 Å². The monoisotopic (exact) mass is 446 g/mol. The number of nitrogens with one attached hydrogen (secondary N) is 2. The number of aryl methyl sites for hydroxylation is 1. The summed E-state index contributed by atoms with van der Waals surface area (Å²) in [7, 11) is 0. The Morgan fingerprint density at radius 1 is 1.13 bits per heavy atom. The first kappa shape index (κ1) is 23.1. The quantitative estimate of drug-likeness (QED) is 0.630. The van der Waals surface area contributed by atoms with E-state index < -0.39 is 11.3 Å². The van der Waals surface area contributed by atoms with E-state index in [1.54, 1.807) is 6.92 Å². The van der Waals surface area contributed by atoms with Crippen LogP contribution in [0.3, 0.4) is 0 Å². The lowest BCUT2D eigenvalue weighted by atomic mass is 10.2. The zero-order valence-corrected chi connectivity index (χ0v) is 19.2. The average Bonchev–Trinajstić information content (AvgIpc) is 3.17. The third-order valence-corrected chi connectivity index (χ3v) is 5.80. The predicted molar refractivity (Wildman–Crippen MR) is 121 cm³/mol. The zero-order chi connectivity index (χ0) is 22.4. The fourth-order valence-corrected chi connectivity index (χ4v) is 3.86. The largest absolute Gasteiger partial charge is 0.378 e. The highest BCUT2D eigenvalue weighted by Gasteiger charge is 2.25. The number of aromatic nitrogens is 3. The van der Waals surface area contributed by atoms with Crippen molar-refractivity contribution in [3.8, 4) is 5.69 Å². The number of carbonyl (C=O) groups is 2. The number of anilines is 1. The Kier molecular flexibility index (Phi) is 7.91. The van der Waals surface area contributed by atoms with Crippen molar-refractivity contribution in [2.75, 3.05) is 37.7 Å². The Morgan fingerprint density at radius 2 is 1.81 bits per heavy atom. The molecular weight excluding hydrogens is 416 g/mol. The van der Waals surface area contributed by atoms with Crippen LogP contribution in [-0.2, 0) is 9.53 Å². The molecule has 2 aromatic rings. The molecule has 0 bridgehead atoms. The van der Waals surface area contributed by atoms with E-state index in [0.717, 1.165) is 30.3 Å². The van der Waals surface area contributed by atoms with Crippen molar-refractivity contribution in [1.82, 2.24) is 25.4 Å². The van der Waals surface area contributed by atoms with Gasteiger partial charge in [0.25, 0.3) is 0 Å². The van der Waals surface area contributed by atoms with E-state index in [4.69, 9.17) is 4.74 Å². The maximum Gasteiger partial charge on any atom is 0.321 e. The number of imide groups is 1. The van der Waals surface area contributed by atoms with Gasteiger partial charge in [0.2, 0.25) is 11.9 Å². The van der Waals surface area contributed by atoms with Crippen molar-refractivity contribution in [3.63, 3.8) is 0 Å². The second-order valence-corrected chi connectivity index (χ2v) is 9.21. The van der Waals surface area contributed by atoms with Gasteiger partial charge < -0.3 is 15.0 Å². The molecule has 0 radical (unpaired) electrons. The summed E-state index contributed by atoms with van der Waals surface area (Å²) in [6, 6.07) is 7.60. The number of thioether (sulfide) groups is 1. The molecule has 10 heteroatoms. The highest BCUT2D eigenvalue weighted by Crippen LogP contribution is 2.29. The van der Waals surface area contributed by atoms with Gasteiger partial charge in [-0.25, -0.2) is 4.79 Å². The van der Waals surface area contributed by atoms with Crippen LogP contribution in [0, 0.1) is 12.8 Å². The Labute approximate surface area is 186 Å². The second kappa shape index (κ2) is 10.6. The van der Waals surface area contributed by atoms with E-state index in [1.807, 2.05) is 49.6 Å². The molecule has 168 valence electrons. The molecule has 9 nitrogen and oxygen atoms in total. The van der Waals surface area contributed by atoms with Crippen LogP contribution < -0.4 is 15.5 Å². The standard InChI is InChI=1S/C21H30N6O3S/c1-14(2)13-22-19(29)23-18(28)16(4)31-21-25-24-20(26-9-11-30-12-10-26)27(21)17-7-5-15(3)6-8-17/h5-8,14,16H,9-13H2,1-4H3,(H2,22,23,28,29). The molecule has 1 aromatic heterocycles. The van der Waals surface area contributed by atoms with Crippen molar-refractivity contribution in [2.45, 2.75) is 38.1 Å². The van der Waals surface area contributed by atoms with Gasteiger partial charge in [-0.05, 0) is 31.9 Å². The lowest BCUT2D eigenvalue weighted by molar-refractivity contribution is -0.119. The molecule has 0 aliphatic carbocycles. The Bertz CT molecular complexity index is 893. The molecule has 1 fully saturated rings. The Hall–Kier alpha value is -2.59. The molecule has 0 spiro atoms. The second-order valence-electron chi connectivity index (χ2n) is 7.91. The summed E-state index contributed by atoms with van der Waals surface area (Å²) in [5.74, 6) is 0.647. The van der Waals surface area contributed by atoms with Crippen molar-refractivity contribution < 1.29 is 14.3 Å². The summed E-state index contributed by atoms with van der Waals surface area (Å²) in [5, 5.41) is 13.9. The molecule has 1 aliphatic heterocycles. The van der Waals surface area contributed by atoms with Crippen molar-refractivity contribution in [3.05, 3.63) is 29.8 Å². The average molecular weight is 447 g/mol. The highest BCUT2D eigenvalue weighted by molar-refractivity contribution is 8.00. The first-order valence-electron chi connectivity index (χ1n) is 10.5. The lowest BCUT2D eigenvalue weighted by Gasteiger charge is -2.28. The number of benzene rings is 1. The van der Waals surface area contributed by atoms with Gasteiger partial charge in [-0.3, -0.25) is 14.7 Å². The molecule has 1 unspecified atom stereocenters. The number of rotatable bonds is 7. The van der Waals surface area contributed by atoms with Gasteiger partial charge in [0.15, 0.2) is 5.16 Å². The fourth-order valence-electron chi connectivity index (χ4n) is 2.99. The van der Waals surface area contributed by atoms with Crippen LogP contribution in [-0.4, -0.2) is 64.8 Å². The first-order valence-corrected chi connectivity index (χ1v) is 11.3. The minimum atomic E-state index is -0.532. The van der Waals surface area contributed by atoms with E-state index in [-0.39, 0.29) is 5.91 Å². The maximum absolute atomic E-state index is 12.5. The van der Waals surface area contributed by atoms with Crippen LogP contribution in [0.25, 0.3) is 5.69 Å². The summed E-state index contributed by atoms with van der Waals surface area (Å²) in [4.78, 5) is 26.6. The maximum atomic E-state index is 12.5. The summed E-state index contributed by atoms with van der Waals surface area (Å²) in [5.41, 5.74) is 2.07. The third kappa shape index (κ3) is 6.20. The Morgan fingerprint density at radius 3 is 2.45 bits per heavy atom. The molecule has 31 heavy (non-hydrogen) atoms. The van der Waals surface area contributed by atoms with E-state index >= 15 is 0 Å². The number of hydrogen-bond acceptors (Lipinski definition) is 7. The summed E-state index contributed by atoms with van der Waals surface area (Å²) >= 11 is 1.27.